The Morgan fingerprint density at radius 2 is 1.70 bits per heavy atom. The quantitative estimate of drug-likeness (QED) is 0.599. The molecule has 0 fully saturated rings. The lowest BCUT2D eigenvalue weighted by atomic mass is 10.0. The number of amides is 2. The van der Waals surface area contributed by atoms with Gasteiger partial charge in [-0.25, -0.2) is 9.59 Å². The second kappa shape index (κ2) is 9.77. The smallest absolute Gasteiger partial charge is 0.408 e. The molecular weight excluding hydrogens is 356 g/mol. The minimum Gasteiger partial charge on any atom is -0.497 e. The minimum absolute atomic E-state index is 0.381. The summed E-state index contributed by atoms with van der Waals surface area (Å²) in [7, 11) is 2.64. The van der Waals surface area contributed by atoms with Crippen LogP contribution in [-0.4, -0.2) is 55.5 Å². The van der Waals surface area contributed by atoms with Crippen LogP contribution in [0.3, 0.4) is 0 Å². The van der Waals surface area contributed by atoms with Crippen molar-refractivity contribution in [2.45, 2.75) is 38.5 Å². The van der Waals surface area contributed by atoms with Crippen LogP contribution >= 0.6 is 0 Å². The van der Waals surface area contributed by atoms with Crippen LogP contribution in [0.15, 0.2) is 24.3 Å². The molecule has 0 aliphatic heterocycles. The van der Waals surface area contributed by atoms with Gasteiger partial charge in [0.05, 0.1) is 14.2 Å². The molecular formula is C18H26N2O7. The lowest BCUT2D eigenvalue weighted by Crippen LogP contribution is -2.49. The van der Waals surface area contributed by atoms with Crippen LogP contribution in [0.1, 0.15) is 32.4 Å². The van der Waals surface area contributed by atoms with Gasteiger partial charge in [0, 0.05) is 0 Å². The van der Waals surface area contributed by atoms with Gasteiger partial charge < -0.3 is 30.0 Å². The number of hydrogen-bond donors (Lipinski definition) is 3. The molecule has 2 unspecified atom stereocenters. The van der Waals surface area contributed by atoms with Crippen molar-refractivity contribution in [3.8, 4) is 5.75 Å². The number of aliphatic hydroxyl groups is 1. The Kier molecular flexibility index (Phi) is 8.04. The molecule has 27 heavy (non-hydrogen) atoms. The molecule has 0 saturated heterocycles. The normalized spacial score (nSPS) is 13.1. The first kappa shape index (κ1) is 22.2. The van der Waals surface area contributed by atoms with Crippen molar-refractivity contribution in [3.05, 3.63) is 29.8 Å². The molecule has 1 aromatic rings. The summed E-state index contributed by atoms with van der Waals surface area (Å²) in [5.41, 5.74) is -0.328. The fourth-order valence-electron chi connectivity index (χ4n) is 2.08. The zero-order valence-electron chi connectivity index (χ0n) is 16.1. The highest BCUT2D eigenvalue weighted by Gasteiger charge is 2.31. The summed E-state index contributed by atoms with van der Waals surface area (Å²) in [5, 5.41) is 15.1. The van der Waals surface area contributed by atoms with Gasteiger partial charge in [0.25, 0.3) is 0 Å². The molecule has 150 valence electrons. The third kappa shape index (κ3) is 7.53. The predicted octanol–water partition coefficient (Wildman–Crippen LogP) is 0.911. The van der Waals surface area contributed by atoms with Crippen LogP contribution in [0, 0.1) is 0 Å². The van der Waals surface area contributed by atoms with Gasteiger partial charge in [0.1, 0.15) is 24.0 Å². The van der Waals surface area contributed by atoms with Crippen molar-refractivity contribution in [2.24, 2.45) is 0 Å². The Morgan fingerprint density at radius 1 is 1.11 bits per heavy atom. The molecule has 0 aromatic heterocycles. The van der Waals surface area contributed by atoms with Crippen molar-refractivity contribution >= 4 is 18.0 Å². The number of nitrogens with one attached hydrogen (secondary N) is 2. The number of rotatable bonds is 7. The summed E-state index contributed by atoms with van der Waals surface area (Å²) in [6, 6.07) is 4.99. The van der Waals surface area contributed by atoms with E-state index in [2.05, 4.69) is 15.4 Å². The maximum absolute atomic E-state index is 12.1. The van der Waals surface area contributed by atoms with E-state index in [4.69, 9.17) is 9.47 Å². The number of esters is 1. The number of carbonyl (C=O) groups excluding carboxylic acids is 3. The first-order valence-corrected chi connectivity index (χ1v) is 8.23. The Bertz CT molecular complexity index is 653. The Labute approximate surface area is 158 Å². The maximum atomic E-state index is 12.1. The largest absolute Gasteiger partial charge is 0.497 e. The number of ether oxygens (including phenoxy) is 3. The van der Waals surface area contributed by atoms with Crippen molar-refractivity contribution in [3.63, 3.8) is 0 Å². The molecule has 0 bridgehead atoms. The summed E-state index contributed by atoms with van der Waals surface area (Å²) < 4.78 is 14.7. The van der Waals surface area contributed by atoms with E-state index in [9.17, 15) is 19.5 Å². The second-order valence-corrected chi connectivity index (χ2v) is 6.64. The summed E-state index contributed by atoms with van der Waals surface area (Å²) in [6.45, 7) is 4.62. The van der Waals surface area contributed by atoms with E-state index in [0.717, 1.165) is 7.11 Å². The highest BCUT2D eigenvalue weighted by molar-refractivity contribution is 5.87. The third-order valence-corrected chi connectivity index (χ3v) is 3.34. The first-order valence-electron chi connectivity index (χ1n) is 8.23. The number of hydrogen-bond acceptors (Lipinski definition) is 7. The molecule has 0 aliphatic carbocycles. The maximum Gasteiger partial charge on any atom is 0.408 e. The molecule has 0 spiro atoms. The summed E-state index contributed by atoms with van der Waals surface area (Å²) >= 11 is 0. The zero-order valence-corrected chi connectivity index (χ0v) is 16.1. The van der Waals surface area contributed by atoms with E-state index in [0.29, 0.717) is 11.3 Å². The van der Waals surface area contributed by atoms with Crippen LogP contribution in [-0.2, 0) is 19.1 Å². The van der Waals surface area contributed by atoms with Crippen LogP contribution in [0.4, 0.5) is 4.79 Å². The predicted molar refractivity (Wildman–Crippen MR) is 96.1 cm³/mol. The van der Waals surface area contributed by atoms with Crippen LogP contribution in [0.5, 0.6) is 5.75 Å². The van der Waals surface area contributed by atoms with E-state index >= 15 is 0 Å². The van der Waals surface area contributed by atoms with Crippen molar-refractivity contribution in [1.82, 2.24) is 10.6 Å². The van der Waals surface area contributed by atoms with Gasteiger partial charge in [-0.3, -0.25) is 4.79 Å². The van der Waals surface area contributed by atoms with Crippen molar-refractivity contribution in [1.29, 1.82) is 0 Å². The number of carbonyl (C=O) groups is 3. The zero-order chi connectivity index (χ0) is 20.6. The average Bonchev–Trinajstić information content (AvgIpc) is 2.62. The number of alkyl carbamates (subject to hydrolysis) is 1. The van der Waals surface area contributed by atoms with E-state index in [1.54, 1.807) is 45.0 Å². The van der Waals surface area contributed by atoms with Gasteiger partial charge in [-0.2, -0.15) is 0 Å². The SMILES string of the molecule is COC(=O)C(NC(=O)CNC(=O)OC(C)(C)C)C(O)c1ccc(OC)cc1. The molecule has 1 aromatic carbocycles. The highest BCUT2D eigenvalue weighted by Crippen LogP contribution is 2.21. The van der Waals surface area contributed by atoms with Gasteiger partial charge in [0.2, 0.25) is 5.91 Å². The van der Waals surface area contributed by atoms with Gasteiger partial charge in [-0.15, -0.1) is 0 Å². The Balaban J connectivity index is 2.74. The molecule has 0 saturated carbocycles. The minimum atomic E-state index is -1.35. The number of benzene rings is 1. The van der Waals surface area contributed by atoms with Crippen LogP contribution < -0.4 is 15.4 Å². The van der Waals surface area contributed by atoms with E-state index < -0.39 is 42.3 Å². The van der Waals surface area contributed by atoms with E-state index in [-0.39, 0.29) is 0 Å². The van der Waals surface area contributed by atoms with Crippen LogP contribution in [0.25, 0.3) is 0 Å². The van der Waals surface area contributed by atoms with Crippen LogP contribution in [0.2, 0.25) is 0 Å². The topological polar surface area (TPSA) is 123 Å². The first-order chi connectivity index (χ1) is 12.6. The average molecular weight is 382 g/mol. The summed E-state index contributed by atoms with van der Waals surface area (Å²) in [6.07, 6.45) is -2.13. The summed E-state index contributed by atoms with van der Waals surface area (Å²) in [5.74, 6) is -0.945. The fourth-order valence-corrected chi connectivity index (χ4v) is 2.08. The Hall–Kier alpha value is -2.81. The number of aliphatic hydroxyl groups excluding tert-OH is 1. The van der Waals surface area contributed by atoms with Crippen molar-refractivity contribution < 1.29 is 33.7 Å². The molecule has 2 amide bonds. The standard InChI is InChI=1S/C18H26N2O7/c1-18(2,3)27-17(24)19-10-13(21)20-14(16(23)26-5)15(22)11-6-8-12(25-4)9-7-11/h6-9,14-15,22H,10H2,1-5H3,(H,19,24)(H,20,21). The van der Waals surface area contributed by atoms with Gasteiger partial charge >= 0.3 is 12.1 Å². The fraction of sp³-hybridized carbons (Fsp3) is 0.500. The van der Waals surface area contributed by atoms with Gasteiger partial charge in [-0.1, -0.05) is 12.1 Å². The molecule has 9 nitrogen and oxygen atoms in total. The lowest BCUT2D eigenvalue weighted by Gasteiger charge is -2.23. The molecule has 0 heterocycles. The van der Waals surface area contributed by atoms with Gasteiger partial charge in [0.15, 0.2) is 6.04 Å². The third-order valence-electron chi connectivity index (χ3n) is 3.34. The molecule has 0 radical (unpaired) electrons. The number of methoxy groups -OCH3 is 2. The molecule has 0 aliphatic rings. The Morgan fingerprint density at radius 3 is 2.19 bits per heavy atom. The van der Waals surface area contributed by atoms with E-state index in [1.165, 1.54) is 7.11 Å². The molecule has 2 atom stereocenters. The molecule has 3 N–H and O–H groups in total. The monoisotopic (exact) mass is 382 g/mol. The molecule has 9 heteroatoms. The second-order valence-electron chi connectivity index (χ2n) is 6.64. The van der Waals surface area contributed by atoms with Gasteiger partial charge in [-0.05, 0) is 38.5 Å². The van der Waals surface area contributed by atoms with E-state index in [1.807, 2.05) is 0 Å². The highest BCUT2D eigenvalue weighted by atomic mass is 16.6. The molecule has 1 rings (SSSR count). The summed E-state index contributed by atoms with van der Waals surface area (Å²) in [4.78, 5) is 35.6. The van der Waals surface area contributed by atoms with Crippen molar-refractivity contribution in [2.75, 3.05) is 20.8 Å². The lowest BCUT2D eigenvalue weighted by molar-refractivity contribution is -0.148.